The molecule has 7 nitrogen and oxygen atoms in total. The zero-order valence-corrected chi connectivity index (χ0v) is 16.1. The second kappa shape index (κ2) is 7.00. The van der Waals surface area contributed by atoms with Crippen LogP contribution >= 0.6 is 0 Å². The van der Waals surface area contributed by atoms with Crippen LogP contribution in [0.1, 0.15) is 21.5 Å². The molecule has 2 atom stereocenters. The van der Waals surface area contributed by atoms with Gasteiger partial charge in [0.2, 0.25) is 5.91 Å². The molecular formula is C18H24N2O5S. The molecule has 0 spiro atoms. The molecule has 2 heterocycles. The zero-order chi connectivity index (χ0) is 19.1. The smallest absolute Gasteiger partial charge is 0.254 e. The molecule has 0 aliphatic carbocycles. The van der Waals surface area contributed by atoms with E-state index in [1.165, 1.54) is 7.11 Å². The maximum absolute atomic E-state index is 13.1. The van der Waals surface area contributed by atoms with Crippen LogP contribution in [-0.2, 0) is 19.4 Å². The molecule has 1 aromatic carbocycles. The summed E-state index contributed by atoms with van der Waals surface area (Å²) in [4.78, 5) is 28.6. The van der Waals surface area contributed by atoms with Gasteiger partial charge in [-0.2, -0.15) is 0 Å². The minimum absolute atomic E-state index is 0.0890. The van der Waals surface area contributed by atoms with Crippen molar-refractivity contribution in [1.82, 2.24) is 9.80 Å². The maximum atomic E-state index is 13.1. The number of hydrogen-bond donors (Lipinski definition) is 0. The molecule has 3 rings (SSSR count). The summed E-state index contributed by atoms with van der Waals surface area (Å²) < 4.78 is 29.4. The molecule has 0 radical (unpaired) electrons. The highest BCUT2D eigenvalue weighted by atomic mass is 32.2. The fourth-order valence-electron chi connectivity index (χ4n) is 3.93. The third-order valence-corrected chi connectivity index (χ3v) is 6.84. The molecular weight excluding hydrogens is 356 g/mol. The predicted octanol–water partition coefficient (Wildman–Crippen LogP) is 0.400. The number of carbonyl (C=O) groups is 2. The summed E-state index contributed by atoms with van der Waals surface area (Å²) in [5, 5.41) is 0. The summed E-state index contributed by atoms with van der Waals surface area (Å²) >= 11 is 0. The quantitative estimate of drug-likeness (QED) is 0.758. The van der Waals surface area contributed by atoms with Crippen LogP contribution < -0.4 is 0 Å². The highest BCUT2D eigenvalue weighted by Gasteiger charge is 2.49. The minimum Gasteiger partial charge on any atom is -0.375 e. The number of hydrogen-bond acceptors (Lipinski definition) is 5. The van der Waals surface area contributed by atoms with Gasteiger partial charge < -0.3 is 14.5 Å². The first-order valence-corrected chi connectivity index (χ1v) is 10.4. The summed E-state index contributed by atoms with van der Waals surface area (Å²) in [6.07, 6.45) is 0. The van der Waals surface area contributed by atoms with Crippen LogP contribution in [0.3, 0.4) is 0 Å². The molecule has 1 aromatic rings. The zero-order valence-electron chi connectivity index (χ0n) is 15.3. The Hall–Kier alpha value is -1.93. The van der Waals surface area contributed by atoms with Gasteiger partial charge in [0.05, 0.1) is 23.6 Å². The standard InChI is InChI=1S/C18H24N2O5S/c1-12-4-5-14(13(2)8-12)18(22)20-7-6-19(17(21)9-25-3)15-10-26(23,24)11-16(15)20/h4-5,8,15-16H,6-7,9-11H2,1-3H3/t15-,16+/m1/s1. The lowest BCUT2D eigenvalue weighted by atomic mass is 10.00. The van der Waals surface area contributed by atoms with Gasteiger partial charge >= 0.3 is 0 Å². The van der Waals surface area contributed by atoms with Crippen molar-refractivity contribution in [1.29, 1.82) is 0 Å². The Morgan fingerprint density at radius 3 is 2.35 bits per heavy atom. The number of nitrogens with zero attached hydrogens (tertiary/aromatic N) is 2. The van der Waals surface area contributed by atoms with Gasteiger partial charge in [-0.25, -0.2) is 8.42 Å². The molecule has 2 aliphatic rings. The van der Waals surface area contributed by atoms with E-state index in [9.17, 15) is 18.0 Å². The summed E-state index contributed by atoms with van der Waals surface area (Å²) in [5.74, 6) is -0.624. The fourth-order valence-corrected chi connectivity index (χ4v) is 5.91. The van der Waals surface area contributed by atoms with Crippen molar-refractivity contribution in [3.63, 3.8) is 0 Å². The van der Waals surface area contributed by atoms with Crippen LogP contribution in [-0.4, -0.2) is 80.4 Å². The van der Waals surface area contributed by atoms with Gasteiger partial charge in [-0.15, -0.1) is 0 Å². The minimum atomic E-state index is -3.30. The number of carbonyl (C=O) groups excluding carboxylic acids is 2. The first-order chi connectivity index (χ1) is 12.2. The molecule has 0 saturated carbocycles. The van der Waals surface area contributed by atoms with Crippen molar-refractivity contribution in [3.8, 4) is 0 Å². The Labute approximate surface area is 153 Å². The van der Waals surface area contributed by atoms with Crippen LogP contribution in [0, 0.1) is 13.8 Å². The molecule has 2 amide bonds. The lowest BCUT2D eigenvalue weighted by molar-refractivity contribution is -0.140. The topological polar surface area (TPSA) is 84.0 Å². The van der Waals surface area contributed by atoms with Crippen molar-refractivity contribution in [2.75, 3.05) is 38.3 Å². The van der Waals surface area contributed by atoms with E-state index in [1.807, 2.05) is 26.0 Å². The number of rotatable bonds is 3. The molecule has 26 heavy (non-hydrogen) atoms. The Kier molecular flexibility index (Phi) is 5.07. The van der Waals surface area contributed by atoms with E-state index >= 15 is 0 Å². The molecule has 0 unspecified atom stereocenters. The van der Waals surface area contributed by atoms with Gasteiger partial charge in [-0.1, -0.05) is 17.7 Å². The second-order valence-electron chi connectivity index (χ2n) is 7.05. The van der Waals surface area contributed by atoms with Crippen molar-refractivity contribution in [3.05, 3.63) is 34.9 Å². The SMILES string of the molecule is COCC(=O)N1CCN(C(=O)c2ccc(C)cc2C)[C@H]2CS(=O)(=O)C[C@H]21. The molecule has 0 N–H and O–H groups in total. The average Bonchev–Trinajstić information content (AvgIpc) is 2.88. The fraction of sp³-hybridized carbons (Fsp3) is 0.556. The number of piperazine rings is 1. The second-order valence-corrected chi connectivity index (χ2v) is 9.20. The van der Waals surface area contributed by atoms with E-state index in [4.69, 9.17) is 4.74 Å². The maximum Gasteiger partial charge on any atom is 0.254 e. The molecule has 0 bridgehead atoms. The van der Waals surface area contributed by atoms with Crippen LogP contribution in [0.15, 0.2) is 18.2 Å². The van der Waals surface area contributed by atoms with E-state index in [2.05, 4.69) is 0 Å². The Bertz CT molecular complexity index is 836. The highest BCUT2D eigenvalue weighted by Crippen LogP contribution is 2.29. The van der Waals surface area contributed by atoms with E-state index in [-0.39, 0.29) is 29.9 Å². The normalized spacial score (nSPS) is 24.4. The lowest BCUT2D eigenvalue weighted by Gasteiger charge is -2.44. The number of fused-ring (bicyclic) bond motifs is 1. The third-order valence-electron chi connectivity index (χ3n) is 5.14. The predicted molar refractivity (Wildman–Crippen MR) is 96.8 cm³/mol. The van der Waals surface area contributed by atoms with Crippen molar-refractivity contribution < 1.29 is 22.7 Å². The van der Waals surface area contributed by atoms with Crippen molar-refractivity contribution in [2.24, 2.45) is 0 Å². The Morgan fingerprint density at radius 2 is 1.73 bits per heavy atom. The van der Waals surface area contributed by atoms with Crippen molar-refractivity contribution >= 4 is 21.7 Å². The molecule has 8 heteroatoms. The van der Waals surface area contributed by atoms with E-state index in [1.54, 1.807) is 15.9 Å². The van der Waals surface area contributed by atoms with E-state index < -0.39 is 21.9 Å². The largest absolute Gasteiger partial charge is 0.375 e. The number of benzene rings is 1. The van der Waals surface area contributed by atoms with E-state index in [0.717, 1.165) is 11.1 Å². The molecule has 0 aromatic heterocycles. The van der Waals surface area contributed by atoms with Crippen LogP contribution in [0.2, 0.25) is 0 Å². The Morgan fingerprint density at radius 1 is 1.12 bits per heavy atom. The molecule has 142 valence electrons. The van der Waals surface area contributed by atoms with Gasteiger partial charge in [-0.3, -0.25) is 9.59 Å². The summed E-state index contributed by atoms with van der Waals surface area (Å²) in [6, 6.07) is 4.58. The summed E-state index contributed by atoms with van der Waals surface area (Å²) in [5.41, 5.74) is 2.51. The number of ether oxygens (including phenoxy) is 1. The number of methoxy groups -OCH3 is 1. The highest BCUT2D eigenvalue weighted by molar-refractivity contribution is 7.91. The molecule has 2 saturated heterocycles. The summed E-state index contributed by atoms with van der Waals surface area (Å²) in [6.45, 7) is 4.38. The van der Waals surface area contributed by atoms with Gasteiger partial charge in [-0.05, 0) is 25.5 Å². The number of amides is 2. The first-order valence-electron chi connectivity index (χ1n) is 8.60. The number of aryl methyl sites for hydroxylation is 2. The summed E-state index contributed by atoms with van der Waals surface area (Å²) in [7, 11) is -1.87. The van der Waals surface area contributed by atoms with E-state index in [0.29, 0.717) is 18.7 Å². The molecule has 2 aliphatic heterocycles. The lowest BCUT2D eigenvalue weighted by Crippen LogP contribution is -2.62. The van der Waals surface area contributed by atoms with Crippen LogP contribution in [0.4, 0.5) is 0 Å². The first kappa shape index (κ1) is 18.8. The van der Waals surface area contributed by atoms with Crippen LogP contribution in [0.5, 0.6) is 0 Å². The third kappa shape index (κ3) is 3.48. The Balaban J connectivity index is 1.90. The van der Waals surface area contributed by atoms with Crippen molar-refractivity contribution in [2.45, 2.75) is 25.9 Å². The van der Waals surface area contributed by atoms with Gasteiger partial charge in [0, 0.05) is 25.8 Å². The van der Waals surface area contributed by atoms with Gasteiger partial charge in [0.25, 0.3) is 5.91 Å². The number of sulfone groups is 1. The van der Waals surface area contributed by atoms with Gasteiger partial charge in [0.15, 0.2) is 9.84 Å². The van der Waals surface area contributed by atoms with Gasteiger partial charge in [0.1, 0.15) is 6.61 Å². The van der Waals surface area contributed by atoms with Crippen LogP contribution in [0.25, 0.3) is 0 Å². The monoisotopic (exact) mass is 380 g/mol. The molecule has 2 fully saturated rings. The average molecular weight is 380 g/mol.